The first kappa shape index (κ1) is 44.0. The second kappa shape index (κ2) is 22.2. The van der Waals surface area contributed by atoms with Crippen LogP contribution in [0.4, 0.5) is 9.59 Å². The first-order chi connectivity index (χ1) is 29.2. The van der Waals surface area contributed by atoms with E-state index in [-0.39, 0.29) is 24.1 Å². The van der Waals surface area contributed by atoms with Gasteiger partial charge in [0.1, 0.15) is 18.3 Å². The predicted octanol–water partition coefficient (Wildman–Crippen LogP) is 5.70. The number of aromatic nitrogens is 7. The van der Waals surface area contributed by atoms with E-state index in [2.05, 4.69) is 58.9 Å². The van der Waals surface area contributed by atoms with Crippen LogP contribution >= 0.6 is 0 Å². The largest absolute Gasteiger partial charge is 0.506 e. The summed E-state index contributed by atoms with van der Waals surface area (Å²) in [4.78, 5) is 68.0. The summed E-state index contributed by atoms with van der Waals surface area (Å²) >= 11 is 0. The van der Waals surface area contributed by atoms with Gasteiger partial charge in [0, 0.05) is 44.1 Å². The fraction of sp³-hybridized carbons (Fsp3) is 0.357. The van der Waals surface area contributed by atoms with Gasteiger partial charge in [0.05, 0.1) is 68.2 Å². The molecule has 4 amide bonds. The van der Waals surface area contributed by atoms with Crippen LogP contribution in [-0.4, -0.2) is 120 Å². The molecule has 6 aromatic rings. The number of alkyl carbamates (subject to hydrolysis) is 2. The van der Waals surface area contributed by atoms with E-state index in [9.17, 15) is 24.3 Å². The number of imidazole rings is 4. The van der Waals surface area contributed by atoms with E-state index in [0.717, 1.165) is 80.1 Å². The summed E-state index contributed by atoms with van der Waals surface area (Å²) < 4.78 is 12.7. The Balaban J connectivity index is 0.000000174. The van der Waals surface area contributed by atoms with Gasteiger partial charge in [-0.05, 0) is 43.4 Å². The molecule has 0 spiro atoms. The lowest BCUT2D eigenvalue weighted by Crippen LogP contribution is -2.41. The average Bonchev–Trinajstić information content (AvgIpc) is 4.13. The second-order valence-corrected chi connectivity index (χ2v) is 13.8. The summed E-state index contributed by atoms with van der Waals surface area (Å²) in [7, 11) is 2.56. The smallest absolute Gasteiger partial charge is 0.407 e. The molecule has 2 saturated heterocycles. The highest BCUT2D eigenvalue weighted by atomic mass is 16.5. The van der Waals surface area contributed by atoms with Crippen molar-refractivity contribution < 1.29 is 33.8 Å². The van der Waals surface area contributed by atoms with Crippen molar-refractivity contribution in [1.82, 2.24) is 54.3 Å². The number of benzene rings is 2. The number of likely N-dealkylation sites (tertiary alicyclic amines) is 2. The van der Waals surface area contributed by atoms with Gasteiger partial charge in [0.2, 0.25) is 17.6 Å². The van der Waals surface area contributed by atoms with Gasteiger partial charge in [-0.1, -0.05) is 56.7 Å². The van der Waals surface area contributed by atoms with Crippen molar-refractivity contribution in [3.05, 3.63) is 97.7 Å². The number of phenols is 1. The molecule has 2 aromatic carbocycles. The molecule has 1 atom stereocenters. The standard InChI is InChI=1S/C17H13N7O.C14H18N2O3.C8H14N2O3.C3H8/c25-16-5-11(12-6-18-9-21-12)1-2-14(16)23-3-4-24-15(8-20-17(23)24)13-7-19-10-22-13;1-19-14(18)15-12(11-7-3-2-4-8-11)13(17)16-9-5-6-10-16;1-13-8(12)9-6-7(11)10-4-2-3-5-10;1-3-2/h1-10,25H,(H,18,21)(H,19,22);2-4,7-8,12H,5-6,9-10H2,1H3,(H,15,18);2-6H2,1H3,(H,9,12);3H2,1-2H3. The van der Waals surface area contributed by atoms with Gasteiger partial charge >= 0.3 is 12.2 Å². The Kier molecular flexibility index (Phi) is 16.2. The van der Waals surface area contributed by atoms with Crippen LogP contribution in [0.2, 0.25) is 0 Å². The number of methoxy groups -OCH3 is 2. The Morgan fingerprint density at radius 1 is 0.800 bits per heavy atom. The maximum atomic E-state index is 12.5. The number of aromatic hydroxyl groups is 1. The quantitative estimate of drug-likeness (QED) is 0.126. The molecule has 0 bridgehead atoms. The SMILES string of the molecule is CCC.COC(=O)NC(C(=O)N1CCCC1)c1ccccc1.COC(=O)NCC(=O)N1CCCC1.Oc1cc(-c2cnc[nH]2)ccc1-n1ccn2c(-c3cnc[nH]3)cnc12. The van der Waals surface area contributed by atoms with E-state index in [0.29, 0.717) is 11.5 Å². The molecule has 0 radical (unpaired) electrons. The van der Waals surface area contributed by atoms with Crippen LogP contribution in [0.25, 0.3) is 34.1 Å². The van der Waals surface area contributed by atoms with Crippen LogP contribution in [-0.2, 0) is 19.1 Å². The predicted molar refractivity (Wildman–Crippen MR) is 224 cm³/mol. The average molecular weight is 824 g/mol. The fourth-order valence-corrected chi connectivity index (χ4v) is 6.50. The molecule has 2 aliphatic rings. The molecular weight excluding hydrogens is 771 g/mol. The Hall–Kier alpha value is -7.11. The van der Waals surface area contributed by atoms with Crippen LogP contribution in [0.15, 0.2) is 92.2 Å². The first-order valence-electron chi connectivity index (χ1n) is 19.8. The molecular formula is C42H53N11O7. The second-order valence-electron chi connectivity index (χ2n) is 13.8. The van der Waals surface area contributed by atoms with Crippen LogP contribution < -0.4 is 10.6 Å². The number of hydrogen-bond acceptors (Lipinski definition) is 10. The Bertz CT molecular complexity index is 2240. The zero-order valence-electron chi connectivity index (χ0n) is 34.3. The van der Waals surface area contributed by atoms with E-state index >= 15 is 0 Å². The fourth-order valence-electron chi connectivity index (χ4n) is 6.50. The molecule has 5 N–H and O–H groups in total. The molecule has 0 saturated carbocycles. The molecule has 0 aliphatic carbocycles. The molecule has 2 fully saturated rings. The highest BCUT2D eigenvalue weighted by Crippen LogP contribution is 2.30. The number of fused-ring (bicyclic) bond motifs is 1. The summed E-state index contributed by atoms with van der Waals surface area (Å²) in [6.07, 6.45) is 16.5. The number of hydrogen-bond donors (Lipinski definition) is 5. The van der Waals surface area contributed by atoms with Gasteiger partial charge in [-0.15, -0.1) is 0 Å². The third kappa shape index (κ3) is 11.5. The van der Waals surface area contributed by atoms with Crippen molar-refractivity contribution >= 4 is 29.8 Å². The Morgan fingerprint density at radius 2 is 1.42 bits per heavy atom. The number of nitrogens with one attached hydrogen (secondary N) is 4. The maximum absolute atomic E-state index is 12.5. The molecule has 18 heteroatoms. The van der Waals surface area contributed by atoms with Crippen molar-refractivity contribution in [2.75, 3.05) is 46.9 Å². The van der Waals surface area contributed by atoms with Crippen molar-refractivity contribution in [1.29, 1.82) is 0 Å². The number of rotatable bonds is 8. The number of nitrogens with zero attached hydrogens (tertiary/aromatic N) is 7. The van der Waals surface area contributed by atoms with Crippen LogP contribution in [0, 0.1) is 0 Å². The number of amides is 4. The number of phenolic OH excluding ortho intramolecular Hbond substituents is 1. The first-order valence-corrected chi connectivity index (χ1v) is 19.8. The monoisotopic (exact) mass is 823 g/mol. The van der Waals surface area contributed by atoms with Crippen LogP contribution in [0.5, 0.6) is 5.75 Å². The summed E-state index contributed by atoms with van der Waals surface area (Å²) in [6, 6.07) is 14.0. The van der Waals surface area contributed by atoms with Gasteiger partial charge in [-0.3, -0.25) is 18.6 Å². The van der Waals surface area contributed by atoms with E-state index in [1.54, 1.807) is 47.1 Å². The number of H-pyrrole nitrogens is 2. The molecule has 4 aromatic heterocycles. The number of carbonyl (C=O) groups excluding carboxylic acids is 4. The lowest BCUT2D eigenvalue weighted by molar-refractivity contribution is -0.132. The number of aromatic amines is 2. The lowest BCUT2D eigenvalue weighted by Gasteiger charge is -2.23. The van der Waals surface area contributed by atoms with Crippen LogP contribution in [0.1, 0.15) is 57.6 Å². The van der Waals surface area contributed by atoms with Crippen molar-refractivity contribution in [2.24, 2.45) is 0 Å². The van der Waals surface area contributed by atoms with Gasteiger partial charge in [-0.2, -0.15) is 0 Å². The molecule has 2 aliphatic heterocycles. The van der Waals surface area contributed by atoms with Crippen molar-refractivity contribution in [3.63, 3.8) is 0 Å². The van der Waals surface area contributed by atoms with Crippen LogP contribution in [0.3, 0.4) is 0 Å². The van der Waals surface area contributed by atoms with Crippen molar-refractivity contribution in [3.8, 4) is 34.1 Å². The normalized spacial score (nSPS) is 13.5. The summed E-state index contributed by atoms with van der Waals surface area (Å²) in [6.45, 7) is 7.41. The van der Waals surface area contributed by atoms with Gasteiger partial charge < -0.3 is 45.0 Å². The minimum Gasteiger partial charge on any atom is -0.506 e. The van der Waals surface area contributed by atoms with Gasteiger partial charge in [0.25, 0.3) is 0 Å². The summed E-state index contributed by atoms with van der Waals surface area (Å²) in [5.41, 5.74) is 4.92. The molecule has 8 rings (SSSR count). The molecule has 60 heavy (non-hydrogen) atoms. The number of carbonyl (C=O) groups is 4. The molecule has 318 valence electrons. The van der Waals surface area contributed by atoms with Crippen molar-refractivity contribution in [2.45, 2.75) is 52.0 Å². The summed E-state index contributed by atoms with van der Waals surface area (Å²) in [5, 5.41) is 15.5. The maximum Gasteiger partial charge on any atom is 0.407 e. The Morgan fingerprint density at radius 3 is 2.00 bits per heavy atom. The van der Waals surface area contributed by atoms with E-state index in [1.165, 1.54) is 20.6 Å². The minimum atomic E-state index is -0.674. The van der Waals surface area contributed by atoms with E-state index < -0.39 is 18.2 Å². The van der Waals surface area contributed by atoms with E-state index in [4.69, 9.17) is 0 Å². The highest BCUT2D eigenvalue weighted by Gasteiger charge is 2.29. The molecule has 6 heterocycles. The zero-order chi connectivity index (χ0) is 42.9. The van der Waals surface area contributed by atoms with E-state index in [1.807, 2.05) is 63.8 Å². The summed E-state index contributed by atoms with van der Waals surface area (Å²) in [5.74, 6) is 0.752. The highest BCUT2D eigenvalue weighted by molar-refractivity contribution is 5.87. The third-order valence-corrected chi connectivity index (χ3v) is 9.45. The molecule has 18 nitrogen and oxygen atoms in total. The molecule has 1 unspecified atom stereocenters. The number of ether oxygens (including phenoxy) is 2. The topological polar surface area (TPSA) is 217 Å². The van der Waals surface area contributed by atoms with Gasteiger partial charge in [0.15, 0.2) is 0 Å². The third-order valence-electron chi connectivity index (χ3n) is 9.45. The lowest BCUT2D eigenvalue weighted by atomic mass is 10.1. The zero-order valence-corrected chi connectivity index (χ0v) is 34.3. The Labute approximate surface area is 348 Å². The minimum absolute atomic E-state index is 0.0344. The van der Waals surface area contributed by atoms with Gasteiger partial charge in [-0.25, -0.2) is 24.5 Å².